The first kappa shape index (κ1) is 16.3. The highest BCUT2D eigenvalue weighted by Gasteiger charge is 2.41. The van der Waals surface area contributed by atoms with Crippen molar-refractivity contribution >= 4 is 26.9 Å². The summed E-state index contributed by atoms with van der Waals surface area (Å²) in [5.41, 5.74) is 0.105. The van der Waals surface area contributed by atoms with Crippen LogP contribution in [0.4, 0.5) is 0 Å². The second-order valence-corrected chi connectivity index (χ2v) is 8.62. The van der Waals surface area contributed by atoms with Crippen LogP contribution in [0.5, 0.6) is 0 Å². The van der Waals surface area contributed by atoms with Crippen molar-refractivity contribution in [3.8, 4) is 0 Å². The van der Waals surface area contributed by atoms with Crippen LogP contribution in [-0.2, 0) is 10.0 Å². The Hall–Kier alpha value is -2.19. The van der Waals surface area contributed by atoms with E-state index < -0.39 is 10.0 Å². The fraction of sp³-hybridized carbons (Fsp3) is 0.412. The number of piperazine rings is 1. The van der Waals surface area contributed by atoms with Crippen LogP contribution >= 0.6 is 0 Å². The number of nitrogens with zero attached hydrogens (tertiary/aromatic N) is 2. The third kappa shape index (κ3) is 2.96. The molecule has 0 bridgehead atoms. The fourth-order valence-electron chi connectivity index (χ4n) is 3.09. The molecule has 2 aromatic rings. The maximum atomic E-state index is 12.6. The summed E-state index contributed by atoms with van der Waals surface area (Å²) in [5, 5.41) is 0.188. The van der Waals surface area contributed by atoms with Crippen molar-refractivity contribution < 1.29 is 17.6 Å². The molecule has 2 aliphatic rings. The lowest BCUT2D eigenvalue weighted by atomic mass is 10.2. The van der Waals surface area contributed by atoms with E-state index in [-0.39, 0.29) is 35.4 Å². The second kappa shape index (κ2) is 5.96. The molecular formula is C17H18N2O5S. The normalized spacial score (nSPS) is 19.3. The van der Waals surface area contributed by atoms with Gasteiger partial charge < -0.3 is 9.32 Å². The van der Waals surface area contributed by atoms with E-state index >= 15 is 0 Å². The molecule has 0 radical (unpaired) electrons. The van der Waals surface area contributed by atoms with Crippen molar-refractivity contribution in [1.29, 1.82) is 0 Å². The zero-order chi connectivity index (χ0) is 17.6. The summed E-state index contributed by atoms with van der Waals surface area (Å²) in [7, 11) is -3.22. The van der Waals surface area contributed by atoms with Gasteiger partial charge in [0.15, 0.2) is 11.2 Å². The number of para-hydroxylation sites is 1. The number of benzene rings is 1. The van der Waals surface area contributed by atoms with E-state index in [1.165, 1.54) is 15.3 Å². The highest BCUT2D eigenvalue weighted by molar-refractivity contribution is 7.90. The predicted octanol–water partition coefficient (Wildman–Crippen LogP) is 1.04. The Balaban J connectivity index is 1.52. The van der Waals surface area contributed by atoms with E-state index in [0.717, 1.165) is 12.8 Å². The summed E-state index contributed by atoms with van der Waals surface area (Å²) in [6.45, 7) is 1.15. The zero-order valence-electron chi connectivity index (χ0n) is 13.6. The molecule has 1 aliphatic heterocycles. The smallest absolute Gasteiger partial charge is 0.289 e. The summed E-state index contributed by atoms with van der Waals surface area (Å²) >= 11 is 0. The first-order valence-corrected chi connectivity index (χ1v) is 9.78. The van der Waals surface area contributed by atoms with Gasteiger partial charge in [0.25, 0.3) is 5.91 Å². The maximum Gasteiger partial charge on any atom is 0.289 e. The number of amides is 1. The molecule has 4 rings (SSSR count). The van der Waals surface area contributed by atoms with Gasteiger partial charge in [0.05, 0.1) is 10.6 Å². The molecule has 8 heteroatoms. The molecule has 1 aliphatic carbocycles. The SMILES string of the molecule is O=C(c1cc(=O)c2ccccc2o1)N1CCN(S(=O)(=O)C2CC2)CC1. The number of carbonyl (C=O) groups is 1. The number of carbonyl (C=O) groups excluding carboxylic acids is 1. The molecule has 2 fully saturated rings. The molecule has 1 amide bonds. The Morgan fingerprint density at radius 3 is 2.44 bits per heavy atom. The van der Waals surface area contributed by atoms with Gasteiger partial charge in [0, 0.05) is 32.2 Å². The van der Waals surface area contributed by atoms with Crippen molar-refractivity contribution in [1.82, 2.24) is 9.21 Å². The minimum absolute atomic E-state index is 0.0119. The van der Waals surface area contributed by atoms with E-state index in [1.54, 1.807) is 24.3 Å². The number of rotatable bonds is 3. The molecule has 0 unspecified atom stereocenters. The Morgan fingerprint density at radius 1 is 1.08 bits per heavy atom. The monoisotopic (exact) mass is 362 g/mol. The highest BCUT2D eigenvalue weighted by Crippen LogP contribution is 2.31. The number of hydrogen-bond donors (Lipinski definition) is 0. The Labute approximate surface area is 144 Å². The summed E-state index contributed by atoms with van der Waals surface area (Å²) in [4.78, 5) is 26.3. The Morgan fingerprint density at radius 2 is 1.76 bits per heavy atom. The van der Waals surface area contributed by atoms with Crippen molar-refractivity contribution in [2.24, 2.45) is 0 Å². The average Bonchev–Trinajstić information content (AvgIpc) is 3.47. The first-order valence-electron chi connectivity index (χ1n) is 8.28. The molecule has 1 saturated heterocycles. The molecule has 7 nitrogen and oxygen atoms in total. The molecule has 0 atom stereocenters. The van der Waals surface area contributed by atoms with Crippen LogP contribution in [0.25, 0.3) is 11.0 Å². The van der Waals surface area contributed by atoms with Gasteiger partial charge >= 0.3 is 0 Å². The number of hydrogen-bond acceptors (Lipinski definition) is 5. The molecule has 2 heterocycles. The second-order valence-electron chi connectivity index (χ2n) is 6.41. The molecule has 1 aromatic heterocycles. The average molecular weight is 362 g/mol. The largest absolute Gasteiger partial charge is 0.451 e. The van der Waals surface area contributed by atoms with Crippen molar-refractivity contribution in [2.75, 3.05) is 26.2 Å². The van der Waals surface area contributed by atoms with Crippen LogP contribution < -0.4 is 5.43 Å². The van der Waals surface area contributed by atoms with Gasteiger partial charge in [-0.05, 0) is 25.0 Å². The number of sulfonamides is 1. The van der Waals surface area contributed by atoms with E-state index in [0.29, 0.717) is 24.1 Å². The molecular weight excluding hydrogens is 344 g/mol. The molecule has 1 aromatic carbocycles. The van der Waals surface area contributed by atoms with Crippen LogP contribution in [0, 0.1) is 0 Å². The minimum atomic E-state index is -3.22. The van der Waals surface area contributed by atoms with Crippen molar-refractivity contribution in [3.05, 3.63) is 46.3 Å². The van der Waals surface area contributed by atoms with Gasteiger partial charge in [-0.2, -0.15) is 4.31 Å². The Kier molecular flexibility index (Phi) is 3.88. The first-order chi connectivity index (χ1) is 12.0. The molecule has 25 heavy (non-hydrogen) atoms. The maximum absolute atomic E-state index is 12.6. The minimum Gasteiger partial charge on any atom is -0.451 e. The third-order valence-electron chi connectivity index (χ3n) is 4.68. The van der Waals surface area contributed by atoms with E-state index in [1.807, 2.05) is 0 Å². The summed E-state index contributed by atoms with van der Waals surface area (Å²) < 4.78 is 31.5. The molecule has 132 valence electrons. The van der Waals surface area contributed by atoms with Crippen molar-refractivity contribution in [3.63, 3.8) is 0 Å². The Bertz CT molecular complexity index is 986. The van der Waals surface area contributed by atoms with Crippen LogP contribution in [-0.4, -0.2) is 55.0 Å². The van der Waals surface area contributed by atoms with Gasteiger partial charge in [-0.15, -0.1) is 0 Å². The third-order valence-corrected chi connectivity index (χ3v) is 7.08. The zero-order valence-corrected chi connectivity index (χ0v) is 14.4. The summed E-state index contributed by atoms with van der Waals surface area (Å²) in [5.74, 6) is -0.395. The lowest BCUT2D eigenvalue weighted by Crippen LogP contribution is -2.51. The van der Waals surface area contributed by atoms with Crippen LogP contribution in [0.2, 0.25) is 0 Å². The predicted molar refractivity (Wildman–Crippen MR) is 91.9 cm³/mol. The summed E-state index contributed by atoms with van der Waals surface area (Å²) in [6, 6.07) is 7.98. The van der Waals surface area contributed by atoms with Crippen LogP contribution in [0.3, 0.4) is 0 Å². The van der Waals surface area contributed by atoms with E-state index in [4.69, 9.17) is 4.42 Å². The lowest BCUT2D eigenvalue weighted by Gasteiger charge is -2.33. The summed E-state index contributed by atoms with van der Waals surface area (Å²) in [6.07, 6.45) is 1.45. The van der Waals surface area contributed by atoms with Gasteiger partial charge in [-0.3, -0.25) is 9.59 Å². The van der Waals surface area contributed by atoms with Gasteiger partial charge in [-0.25, -0.2) is 8.42 Å². The molecule has 0 spiro atoms. The topological polar surface area (TPSA) is 87.9 Å². The van der Waals surface area contributed by atoms with Gasteiger partial charge in [0.2, 0.25) is 10.0 Å². The lowest BCUT2D eigenvalue weighted by molar-refractivity contribution is 0.0666. The van der Waals surface area contributed by atoms with Crippen LogP contribution in [0.15, 0.2) is 39.5 Å². The number of fused-ring (bicyclic) bond motifs is 1. The highest BCUT2D eigenvalue weighted by atomic mass is 32.2. The fourth-order valence-corrected chi connectivity index (χ4v) is 4.91. The van der Waals surface area contributed by atoms with Crippen molar-refractivity contribution in [2.45, 2.75) is 18.1 Å². The van der Waals surface area contributed by atoms with Gasteiger partial charge in [0.1, 0.15) is 5.58 Å². The molecule has 1 saturated carbocycles. The van der Waals surface area contributed by atoms with Crippen LogP contribution in [0.1, 0.15) is 23.4 Å². The quantitative estimate of drug-likeness (QED) is 0.814. The molecule has 0 N–H and O–H groups in total. The standard InChI is InChI=1S/C17H18N2O5S/c20-14-11-16(24-15-4-2-1-3-13(14)15)17(21)18-7-9-19(10-8-18)25(22,23)12-5-6-12/h1-4,11-12H,5-10H2. The van der Waals surface area contributed by atoms with E-state index in [9.17, 15) is 18.0 Å². The van der Waals surface area contributed by atoms with Gasteiger partial charge in [-0.1, -0.05) is 12.1 Å². The van der Waals surface area contributed by atoms with E-state index in [2.05, 4.69) is 0 Å².